The van der Waals surface area contributed by atoms with Gasteiger partial charge in [-0.25, -0.2) is 4.79 Å². The molecule has 0 bridgehead atoms. The van der Waals surface area contributed by atoms with Gasteiger partial charge in [0.15, 0.2) is 0 Å². The standard InChI is InChI=1S/C28H39N3O4S/c1-8-21(19-9-11-20(12-10-19)31(27(34)35)28(5,6)7)24-18(4)23(15-36-24)25(32)29-14-22-16(2)13-17(3)30-26(22)33/h8,13,15,19-20H,9-12,14H2,1-7H3,(H,29,32)(H,30,33)(H,34,35). The maximum Gasteiger partial charge on any atom is 0.407 e. The van der Waals surface area contributed by atoms with Crippen LogP contribution in [0.15, 0.2) is 22.3 Å². The third kappa shape index (κ3) is 5.91. The lowest BCUT2D eigenvalue weighted by molar-refractivity contribution is 0.0536. The van der Waals surface area contributed by atoms with Crippen molar-refractivity contribution in [2.24, 2.45) is 5.92 Å². The molecule has 2 heterocycles. The van der Waals surface area contributed by atoms with Gasteiger partial charge in [-0.05, 0) is 103 Å². The van der Waals surface area contributed by atoms with E-state index in [0.717, 1.165) is 47.4 Å². The molecule has 0 saturated heterocycles. The highest BCUT2D eigenvalue weighted by Crippen LogP contribution is 2.41. The van der Waals surface area contributed by atoms with E-state index in [-0.39, 0.29) is 24.1 Å². The van der Waals surface area contributed by atoms with E-state index in [9.17, 15) is 19.5 Å². The Balaban J connectivity index is 1.71. The number of hydrogen-bond acceptors (Lipinski definition) is 4. The highest BCUT2D eigenvalue weighted by Gasteiger charge is 2.36. The van der Waals surface area contributed by atoms with Crippen molar-refractivity contribution >= 4 is 28.9 Å². The van der Waals surface area contributed by atoms with Crippen molar-refractivity contribution in [1.29, 1.82) is 0 Å². The van der Waals surface area contributed by atoms with E-state index in [0.29, 0.717) is 17.0 Å². The van der Waals surface area contributed by atoms with Crippen LogP contribution >= 0.6 is 11.3 Å². The van der Waals surface area contributed by atoms with E-state index in [1.165, 1.54) is 5.57 Å². The number of carbonyl (C=O) groups is 2. The minimum absolute atomic E-state index is 0.0241. The number of carboxylic acid groups (broad SMARTS) is 1. The zero-order chi connectivity index (χ0) is 26.8. The Hall–Kier alpha value is -2.87. The number of aromatic nitrogens is 1. The van der Waals surface area contributed by atoms with Crippen LogP contribution in [0.5, 0.6) is 0 Å². The summed E-state index contributed by atoms with van der Waals surface area (Å²) in [6.07, 6.45) is 4.77. The fourth-order valence-corrected chi connectivity index (χ4v) is 6.71. The maximum atomic E-state index is 13.0. The van der Waals surface area contributed by atoms with E-state index in [4.69, 9.17) is 0 Å². The van der Waals surface area contributed by atoms with Gasteiger partial charge in [-0.15, -0.1) is 11.3 Å². The van der Waals surface area contributed by atoms with Crippen molar-refractivity contribution < 1.29 is 14.7 Å². The largest absolute Gasteiger partial charge is 0.465 e. The molecule has 0 unspecified atom stereocenters. The summed E-state index contributed by atoms with van der Waals surface area (Å²) in [5, 5.41) is 14.6. The molecule has 1 aliphatic carbocycles. The zero-order valence-corrected chi connectivity index (χ0v) is 23.3. The summed E-state index contributed by atoms with van der Waals surface area (Å²) >= 11 is 1.58. The molecule has 3 N–H and O–H groups in total. The Morgan fingerprint density at radius 3 is 2.36 bits per heavy atom. The number of carbonyl (C=O) groups excluding carboxylic acids is 1. The summed E-state index contributed by atoms with van der Waals surface area (Å²) in [6.45, 7) is 13.7. The molecule has 1 aliphatic rings. The van der Waals surface area contributed by atoms with Crippen LogP contribution in [0, 0.1) is 26.7 Å². The molecule has 2 aromatic heterocycles. The molecule has 36 heavy (non-hydrogen) atoms. The van der Waals surface area contributed by atoms with Gasteiger partial charge >= 0.3 is 6.09 Å². The molecule has 1 saturated carbocycles. The number of allylic oxidation sites excluding steroid dienone is 2. The van der Waals surface area contributed by atoms with Gasteiger partial charge in [0.05, 0.1) is 5.56 Å². The Kier molecular flexibility index (Phi) is 8.49. The lowest BCUT2D eigenvalue weighted by Crippen LogP contribution is -2.52. The van der Waals surface area contributed by atoms with E-state index in [1.54, 1.807) is 16.2 Å². The molecule has 7 nitrogen and oxygen atoms in total. The average Bonchev–Trinajstić information content (AvgIpc) is 3.14. The number of hydrogen-bond donors (Lipinski definition) is 3. The molecule has 0 aliphatic heterocycles. The van der Waals surface area contributed by atoms with Gasteiger partial charge in [0.2, 0.25) is 0 Å². The summed E-state index contributed by atoms with van der Waals surface area (Å²) in [4.78, 5) is 42.7. The van der Waals surface area contributed by atoms with Crippen LogP contribution < -0.4 is 10.9 Å². The van der Waals surface area contributed by atoms with Crippen molar-refractivity contribution in [1.82, 2.24) is 15.2 Å². The Bertz CT molecular complexity index is 1210. The molecule has 8 heteroatoms. The van der Waals surface area contributed by atoms with Crippen molar-refractivity contribution in [3.8, 4) is 0 Å². The minimum Gasteiger partial charge on any atom is -0.465 e. The highest BCUT2D eigenvalue weighted by molar-refractivity contribution is 7.11. The highest BCUT2D eigenvalue weighted by atomic mass is 32.1. The quantitative estimate of drug-likeness (QED) is 0.439. The van der Waals surface area contributed by atoms with Gasteiger partial charge in [-0.1, -0.05) is 6.08 Å². The lowest BCUT2D eigenvalue weighted by Gasteiger charge is -2.43. The molecular formula is C28H39N3O4S. The molecule has 0 aromatic carbocycles. The first kappa shape index (κ1) is 27.7. The smallest absolute Gasteiger partial charge is 0.407 e. The second-order valence-corrected chi connectivity index (χ2v) is 11.7. The number of pyridine rings is 1. The summed E-state index contributed by atoms with van der Waals surface area (Å²) in [7, 11) is 0. The number of thiophene rings is 1. The summed E-state index contributed by atoms with van der Waals surface area (Å²) in [6, 6.07) is 1.93. The zero-order valence-electron chi connectivity index (χ0n) is 22.4. The fraction of sp³-hybridized carbons (Fsp3) is 0.536. The van der Waals surface area contributed by atoms with E-state index < -0.39 is 11.6 Å². The average molecular weight is 514 g/mol. The third-order valence-corrected chi connectivity index (χ3v) is 8.34. The van der Waals surface area contributed by atoms with Gasteiger partial charge in [-0.3, -0.25) is 9.59 Å². The second kappa shape index (κ2) is 11.0. The van der Waals surface area contributed by atoms with Crippen molar-refractivity contribution in [3.63, 3.8) is 0 Å². The molecule has 0 spiro atoms. The van der Waals surface area contributed by atoms with Crippen LogP contribution in [-0.2, 0) is 6.54 Å². The van der Waals surface area contributed by atoms with Gasteiger partial charge < -0.3 is 20.3 Å². The first-order chi connectivity index (χ1) is 16.8. The van der Waals surface area contributed by atoms with Crippen molar-refractivity contribution in [2.45, 2.75) is 92.3 Å². The topological polar surface area (TPSA) is 103 Å². The predicted molar refractivity (Wildman–Crippen MR) is 146 cm³/mol. The maximum absolute atomic E-state index is 13.0. The molecule has 2 aromatic rings. The summed E-state index contributed by atoms with van der Waals surface area (Å²) < 4.78 is 0. The Morgan fingerprint density at radius 1 is 1.19 bits per heavy atom. The SMILES string of the molecule is CC=C(c1scc(C(=O)NCc2c(C)cc(C)[nH]c2=O)c1C)C1CCC(N(C(=O)O)C(C)(C)C)CC1. The molecule has 0 atom stereocenters. The van der Waals surface area contributed by atoms with Crippen LogP contribution in [0.1, 0.15) is 91.0 Å². The molecule has 2 amide bonds. The van der Waals surface area contributed by atoms with Crippen LogP contribution in [-0.4, -0.2) is 38.6 Å². The van der Waals surface area contributed by atoms with E-state index in [2.05, 4.69) is 16.4 Å². The monoisotopic (exact) mass is 513 g/mol. The van der Waals surface area contributed by atoms with Crippen LogP contribution in [0.4, 0.5) is 4.79 Å². The first-order valence-electron chi connectivity index (χ1n) is 12.6. The third-order valence-electron chi connectivity index (χ3n) is 7.21. The van der Waals surface area contributed by atoms with Gasteiger partial charge in [0.25, 0.3) is 11.5 Å². The molecule has 1 fully saturated rings. The number of nitrogens with one attached hydrogen (secondary N) is 2. The minimum atomic E-state index is -0.857. The second-order valence-electron chi connectivity index (χ2n) is 10.8. The number of H-pyrrole nitrogens is 1. The molecule has 196 valence electrons. The fourth-order valence-electron chi connectivity index (χ4n) is 5.48. The van der Waals surface area contributed by atoms with Gasteiger partial charge in [0.1, 0.15) is 0 Å². The Labute approximate surface area is 217 Å². The van der Waals surface area contributed by atoms with Gasteiger partial charge in [-0.2, -0.15) is 0 Å². The van der Waals surface area contributed by atoms with Crippen molar-refractivity contribution in [3.05, 3.63) is 60.7 Å². The lowest BCUT2D eigenvalue weighted by atomic mass is 9.79. The summed E-state index contributed by atoms with van der Waals surface area (Å²) in [5.74, 6) is 0.153. The Morgan fingerprint density at radius 2 is 1.83 bits per heavy atom. The normalized spacial score (nSPS) is 18.7. The number of aryl methyl sites for hydroxylation is 2. The van der Waals surface area contributed by atoms with Crippen molar-refractivity contribution in [2.75, 3.05) is 0 Å². The van der Waals surface area contributed by atoms with Crippen LogP contribution in [0.2, 0.25) is 0 Å². The number of aromatic amines is 1. The number of nitrogens with zero attached hydrogens (tertiary/aromatic N) is 1. The van der Waals surface area contributed by atoms with Crippen LogP contribution in [0.3, 0.4) is 0 Å². The summed E-state index contributed by atoms with van der Waals surface area (Å²) in [5.41, 5.74) is 4.44. The van der Waals surface area contributed by atoms with E-state index >= 15 is 0 Å². The molecule has 3 rings (SSSR count). The van der Waals surface area contributed by atoms with E-state index in [1.807, 2.05) is 59.9 Å². The molecule has 0 radical (unpaired) electrons. The predicted octanol–water partition coefficient (Wildman–Crippen LogP) is 6.03. The van der Waals surface area contributed by atoms with Gasteiger partial charge in [0, 0.05) is 39.6 Å². The van der Waals surface area contributed by atoms with Crippen LogP contribution in [0.25, 0.3) is 5.57 Å². The number of amides is 2. The first-order valence-corrected chi connectivity index (χ1v) is 13.5. The molecular weight excluding hydrogens is 474 g/mol. The number of rotatable bonds is 6.